The molecule has 1 aliphatic heterocycles. The maximum Gasteiger partial charge on any atom is 0.250 e. The summed E-state index contributed by atoms with van der Waals surface area (Å²) in [5, 5.41) is 0. The van der Waals surface area contributed by atoms with Crippen LogP contribution in [0.15, 0.2) is 14.1 Å². The molecule has 0 saturated carbocycles. The average molecular weight is 353 g/mol. The van der Waals surface area contributed by atoms with Crippen molar-refractivity contribution in [3.8, 4) is 0 Å². The maximum absolute atomic E-state index is 12.1. The van der Waals surface area contributed by atoms with E-state index >= 15 is 0 Å². The van der Waals surface area contributed by atoms with Gasteiger partial charge in [-0.3, -0.25) is 0 Å². The normalized spacial score (nSPS) is 21.6. The highest BCUT2D eigenvalue weighted by atomic mass is 79.9. The molecule has 1 aromatic rings. The Morgan fingerprint density at radius 1 is 1.61 bits per heavy atom. The largest absolute Gasteiger partial charge is 0.302 e. The van der Waals surface area contributed by atoms with Gasteiger partial charge in [0.05, 0.1) is 3.79 Å². The number of hydrogen-bond acceptors (Lipinski definition) is 4. The lowest BCUT2D eigenvalue weighted by Crippen LogP contribution is -2.37. The molecule has 1 saturated heterocycles. The van der Waals surface area contributed by atoms with Crippen molar-refractivity contribution in [3.63, 3.8) is 0 Å². The lowest BCUT2D eigenvalue weighted by Gasteiger charge is -2.19. The van der Waals surface area contributed by atoms with Crippen LogP contribution in [0.5, 0.6) is 0 Å². The zero-order chi connectivity index (χ0) is 13.3. The van der Waals surface area contributed by atoms with Gasteiger partial charge in [-0.2, -0.15) is 0 Å². The van der Waals surface area contributed by atoms with Gasteiger partial charge in [0.1, 0.15) is 4.21 Å². The monoisotopic (exact) mass is 352 g/mol. The highest BCUT2D eigenvalue weighted by Crippen LogP contribution is 2.30. The number of hydrogen-bond donors (Lipinski definition) is 1. The van der Waals surface area contributed by atoms with Crippen LogP contribution in [0.25, 0.3) is 0 Å². The van der Waals surface area contributed by atoms with E-state index < -0.39 is 10.0 Å². The summed E-state index contributed by atoms with van der Waals surface area (Å²) >= 11 is 4.61. The second-order valence-corrected chi connectivity index (χ2v) is 9.01. The van der Waals surface area contributed by atoms with Crippen molar-refractivity contribution in [1.29, 1.82) is 0 Å². The van der Waals surface area contributed by atoms with Crippen LogP contribution < -0.4 is 4.72 Å². The Kier molecular flexibility index (Phi) is 4.48. The summed E-state index contributed by atoms with van der Waals surface area (Å²) in [4.78, 5) is 2.21. The van der Waals surface area contributed by atoms with Crippen LogP contribution >= 0.6 is 27.3 Å². The highest BCUT2D eigenvalue weighted by Gasteiger charge is 2.24. The minimum atomic E-state index is -3.36. The van der Waals surface area contributed by atoms with Crippen molar-refractivity contribution in [2.24, 2.45) is 0 Å². The number of likely N-dealkylation sites (tertiary alicyclic amines) is 1. The quantitative estimate of drug-likeness (QED) is 0.903. The minimum absolute atomic E-state index is 0.323. The number of sulfonamides is 1. The molecule has 0 aliphatic carbocycles. The van der Waals surface area contributed by atoms with Crippen LogP contribution in [-0.2, 0) is 10.0 Å². The van der Waals surface area contributed by atoms with Gasteiger partial charge in [0.2, 0.25) is 10.0 Å². The van der Waals surface area contributed by atoms with Crippen molar-refractivity contribution >= 4 is 37.3 Å². The van der Waals surface area contributed by atoms with Gasteiger partial charge in [-0.25, -0.2) is 13.1 Å². The fourth-order valence-electron chi connectivity index (χ4n) is 2.08. The standard InChI is InChI=1S/C11H17BrN2O2S2/c1-8-6-10(17-11(8)12)18(15,16)13-7-9-4-3-5-14(9)2/h6,9,13H,3-5,7H2,1-2H3. The first-order chi connectivity index (χ1) is 8.40. The van der Waals surface area contributed by atoms with E-state index in [0.717, 1.165) is 28.7 Å². The third-order valence-electron chi connectivity index (χ3n) is 3.28. The zero-order valence-corrected chi connectivity index (χ0v) is 13.7. The molecule has 18 heavy (non-hydrogen) atoms. The molecule has 1 aromatic heterocycles. The highest BCUT2D eigenvalue weighted by molar-refractivity contribution is 9.11. The summed E-state index contributed by atoms with van der Waals surface area (Å²) in [6.07, 6.45) is 2.21. The molecule has 1 N–H and O–H groups in total. The van der Waals surface area contributed by atoms with E-state index in [-0.39, 0.29) is 0 Å². The van der Waals surface area contributed by atoms with E-state index in [1.807, 2.05) is 14.0 Å². The summed E-state index contributed by atoms with van der Waals surface area (Å²) in [5.41, 5.74) is 0.957. The van der Waals surface area contributed by atoms with E-state index in [1.165, 1.54) is 11.3 Å². The van der Waals surface area contributed by atoms with Gasteiger partial charge >= 0.3 is 0 Å². The minimum Gasteiger partial charge on any atom is -0.302 e. The molecule has 1 unspecified atom stereocenters. The predicted octanol–water partition coefficient (Wildman–Crippen LogP) is 2.19. The van der Waals surface area contributed by atoms with E-state index in [2.05, 4.69) is 25.6 Å². The van der Waals surface area contributed by atoms with Crippen molar-refractivity contribution < 1.29 is 8.42 Å². The smallest absolute Gasteiger partial charge is 0.250 e. The second kappa shape index (κ2) is 5.58. The fourth-order valence-corrected chi connectivity index (χ4v) is 5.42. The topological polar surface area (TPSA) is 49.4 Å². The summed E-state index contributed by atoms with van der Waals surface area (Å²) in [7, 11) is -1.32. The van der Waals surface area contributed by atoms with Crippen LogP contribution in [0, 0.1) is 6.92 Å². The Bertz CT molecular complexity index is 508. The Morgan fingerprint density at radius 2 is 2.33 bits per heavy atom. The van der Waals surface area contributed by atoms with E-state index in [4.69, 9.17) is 0 Å². The van der Waals surface area contributed by atoms with Gasteiger partial charge in [0, 0.05) is 12.6 Å². The van der Waals surface area contributed by atoms with Crippen LogP contribution in [-0.4, -0.2) is 39.5 Å². The third kappa shape index (κ3) is 3.14. The average Bonchev–Trinajstić information content (AvgIpc) is 2.84. The van der Waals surface area contributed by atoms with Gasteiger partial charge in [-0.1, -0.05) is 0 Å². The Hall–Kier alpha value is 0.0500. The number of halogens is 1. The van der Waals surface area contributed by atoms with Crippen molar-refractivity contribution in [1.82, 2.24) is 9.62 Å². The molecule has 0 aromatic carbocycles. The maximum atomic E-state index is 12.1. The van der Waals surface area contributed by atoms with Gasteiger partial charge < -0.3 is 4.90 Å². The molecule has 0 spiro atoms. The van der Waals surface area contributed by atoms with Crippen LogP contribution in [0.2, 0.25) is 0 Å². The molecule has 0 radical (unpaired) electrons. The first-order valence-electron chi connectivity index (χ1n) is 5.86. The number of nitrogens with one attached hydrogen (secondary N) is 1. The van der Waals surface area contributed by atoms with Gasteiger partial charge in [-0.05, 0) is 60.9 Å². The number of aryl methyl sites for hydroxylation is 1. The van der Waals surface area contributed by atoms with Crippen LogP contribution in [0.4, 0.5) is 0 Å². The van der Waals surface area contributed by atoms with Gasteiger partial charge in [0.25, 0.3) is 0 Å². The Morgan fingerprint density at radius 3 is 2.83 bits per heavy atom. The number of nitrogens with zero attached hydrogens (tertiary/aromatic N) is 1. The molecule has 2 heterocycles. The third-order valence-corrected chi connectivity index (χ3v) is 7.31. The molecule has 0 bridgehead atoms. The lowest BCUT2D eigenvalue weighted by atomic mass is 10.2. The zero-order valence-electron chi connectivity index (χ0n) is 10.4. The van der Waals surface area contributed by atoms with Crippen LogP contribution in [0.1, 0.15) is 18.4 Å². The van der Waals surface area contributed by atoms with Crippen molar-refractivity contribution in [2.75, 3.05) is 20.1 Å². The molecule has 1 aliphatic rings. The lowest BCUT2D eigenvalue weighted by molar-refractivity contribution is 0.311. The van der Waals surface area contributed by atoms with Crippen LogP contribution in [0.3, 0.4) is 0 Å². The van der Waals surface area contributed by atoms with E-state index in [9.17, 15) is 8.42 Å². The first kappa shape index (κ1) is 14.5. The number of rotatable bonds is 4. The van der Waals surface area contributed by atoms with Crippen molar-refractivity contribution in [2.45, 2.75) is 30.0 Å². The Labute approximate surface area is 121 Å². The molecule has 0 amide bonds. The van der Waals surface area contributed by atoms with E-state index in [0.29, 0.717) is 16.8 Å². The summed E-state index contributed by atoms with van der Waals surface area (Å²) < 4.78 is 28.2. The molecule has 2 rings (SSSR count). The van der Waals surface area contributed by atoms with Gasteiger partial charge in [0.15, 0.2) is 0 Å². The Balaban J connectivity index is 2.03. The number of likely N-dealkylation sites (N-methyl/N-ethyl adjacent to an activating group) is 1. The molecule has 1 fully saturated rings. The molecule has 1 atom stereocenters. The molecule has 4 nitrogen and oxygen atoms in total. The van der Waals surface area contributed by atoms with E-state index in [1.54, 1.807) is 6.07 Å². The predicted molar refractivity (Wildman–Crippen MR) is 77.6 cm³/mol. The number of thiophene rings is 1. The molecular formula is C11H17BrN2O2S2. The second-order valence-electron chi connectivity index (χ2n) is 4.65. The summed E-state index contributed by atoms with van der Waals surface area (Å²) in [6, 6.07) is 2.03. The summed E-state index contributed by atoms with van der Waals surface area (Å²) in [5.74, 6) is 0. The fraction of sp³-hybridized carbons (Fsp3) is 0.636. The summed E-state index contributed by atoms with van der Waals surface area (Å²) in [6.45, 7) is 3.44. The van der Waals surface area contributed by atoms with Crippen molar-refractivity contribution in [3.05, 3.63) is 15.4 Å². The first-order valence-corrected chi connectivity index (χ1v) is 8.95. The van der Waals surface area contributed by atoms with Gasteiger partial charge in [-0.15, -0.1) is 11.3 Å². The molecule has 102 valence electrons. The molecule has 7 heteroatoms. The SMILES string of the molecule is Cc1cc(S(=O)(=O)NCC2CCCN2C)sc1Br. The molecular weight excluding hydrogens is 336 g/mol.